The number of ether oxygens (including phenoxy) is 3. The first kappa shape index (κ1) is 28.5. The molecule has 198 valence electrons. The van der Waals surface area contributed by atoms with Gasteiger partial charge in [0, 0.05) is 18.4 Å². The van der Waals surface area contributed by atoms with Crippen molar-refractivity contribution in [1.82, 2.24) is 0 Å². The molecule has 0 fully saturated rings. The number of unbranched alkanes of at least 4 members (excludes halogenated alkanes) is 1. The van der Waals surface area contributed by atoms with E-state index in [-0.39, 0.29) is 11.8 Å². The van der Waals surface area contributed by atoms with Gasteiger partial charge in [0.05, 0.1) is 19.8 Å². The van der Waals surface area contributed by atoms with E-state index in [2.05, 4.69) is 49.6 Å². The standard InChI is InChI=1S/C33H36O5/c1-24(2)32(34)8-5-6-21-36-30-17-13-28(14-18-30)26-9-11-27(12-10-26)29-15-19-31(20-16-29)37-22-7-23-38-33(35)25(3)4/h9-20H,1,3,5-8,21-23H2,2,4H3. The number of hydrogen-bond acceptors (Lipinski definition) is 5. The lowest BCUT2D eigenvalue weighted by molar-refractivity contribution is -0.139. The van der Waals surface area contributed by atoms with E-state index in [1.807, 2.05) is 36.4 Å². The number of hydrogen-bond donors (Lipinski definition) is 0. The monoisotopic (exact) mass is 512 g/mol. The normalized spacial score (nSPS) is 10.5. The molecule has 0 saturated carbocycles. The number of allylic oxidation sites excluding steroid dienone is 1. The van der Waals surface area contributed by atoms with Crippen LogP contribution in [0.15, 0.2) is 97.1 Å². The Morgan fingerprint density at radius 3 is 1.42 bits per heavy atom. The van der Waals surface area contributed by atoms with Crippen molar-refractivity contribution in [2.45, 2.75) is 39.5 Å². The quantitative estimate of drug-likeness (QED) is 0.119. The van der Waals surface area contributed by atoms with Gasteiger partial charge in [-0.2, -0.15) is 0 Å². The third-order valence-electron chi connectivity index (χ3n) is 5.94. The molecule has 0 atom stereocenters. The third kappa shape index (κ3) is 9.07. The summed E-state index contributed by atoms with van der Waals surface area (Å²) in [6, 6.07) is 24.5. The summed E-state index contributed by atoms with van der Waals surface area (Å²) >= 11 is 0. The Morgan fingerprint density at radius 2 is 1.00 bits per heavy atom. The van der Waals surface area contributed by atoms with E-state index in [4.69, 9.17) is 14.2 Å². The lowest BCUT2D eigenvalue weighted by Crippen LogP contribution is -2.09. The van der Waals surface area contributed by atoms with Crippen molar-refractivity contribution >= 4 is 11.8 Å². The number of benzene rings is 3. The molecule has 3 aromatic carbocycles. The molecule has 0 aliphatic heterocycles. The SMILES string of the molecule is C=C(C)C(=O)CCCCOc1ccc(-c2ccc(-c3ccc(OCCCOC(=O)C(=C)C)cc3)cc2)cc1. The predicted molar refractivity (Wildman–Crippen MR) is 152 cm³/mol. The minimum Gasteiger partial charge on any atom is -0.494 e. The fraction of sp³-hybridized carbons (Fsp3) is 0.273. The Labute approximate surface area is 225 Å². The van der Waals surface area contributed by atoms with Crippen molar-refractivity contribution in [3.05, 3.63) is 97.1 Å². The fourth-order valence-corrected chi connectivity index (χ4v) is 3.67. The molecule has 0 aliphatic rings. The Bertz CT molecular complexity index is 1120. The molecule has 3 rings (SSSR count). The molecule has 5 nitrogen and oxygen atoms in total. The number of carbonyl (C=O) groups is 2. The van der Waals surface area contributed by atoms with Crippen molar-refractivity contribution in [3.63, 3.8) is 0 Å². The highest BCUT2D eigenvalue weighted by molar-refractivity contribution is 5.94. The fourth-order valence-electron chi connectivity index (χ4n) is 3.67. The lowest BCUT2D eigenvalue weighted by Gasteiger charge is -2.09. The first-order chi connectivity index (χ1) is 18.3. The smallest absolute Gasteiger partial charge is 0.333 e. The largest absolute Gasteiger partial charge is 0.494 e. The van der Waals surface area contributed by atoms with Crippen molar-refractivity contribution < 1.29 is 23.8 Å². The summed E-state index contributed by atoms with van der Waals surface area (Å²) in [7, 11) is 0. The van der Waals surface area contributed by atoms with Crippen molar-refractivity contribution in [2.24, 2.45) is 0 Å². The Hall–Kier alpha value is -4.12. The molecule has 0 aromatic heterocycles. The molecule has 0 spiro atoms. The van der Waals surface area contributed by atoms with Crippen LogP contribution in [-0.2, 0) is 14.3 Å². The van der Waals surface area contributed by atoms with Gasteiger partial charge in [-0.3, -0.25) is 4.79 Å². The summed E-state index contributed by atoms with van der Waals surface area (Å²) in [6.45, 7) is 12.0. The molecule has 0 heterocycles. The topological polar surface area (TPSA) is 61.8 Å². The first-order valence-electron chi connectivity index (χ1n) is 12.9. The number of Topliss-reactive ketones (excluding diaryl/α,β-unsaturated/α-hetero) is 1. The molecular formula is C33H36O5. The summed E-state index contributed by atoms with van der Waals surface area (Å²) < 4.78 is 16.6. The zero-order chi connectivity index (χ0) is 27.3. The molecular weight excluding hydrogens is 476 g/mol. The van der Waals surface area contributed by atoms with Crippen LogP contribution in [0.2, 0.25) is 0 Å². The van der Waals surface area contributed by atoms with Crippen molar-refractivity contribution in [1.29, 1.82) is 0 Å². The zero-order valence-electron chi connectivity index (χ0n) is 22.3. The molecule has 0 N–H and O–H groups in total. The van der Waals surface area contributed by atoms with Gasteiger partial charge < -0.3 is 14.2 Å². The van der Waals surface area contributed by atoms with E-state index in [9.17, 15) is 9.59 Å². The molecule has 0 amide bonds. The maximum Gasteiger partial charge on any atom is 0.333 e. The summed E-state index contributed by atoms with van der Waals surface area (Å²) in [4.78, 5) is 23.0. The maximum absolute atomic E-state index is 11.6. The van der Waals surface area contributed by atoms with Crippen LogP contribution in [0.1, 0.15) is 39.5 Å². The minimum atomic E-state index is -0.372. The predicted octanol–water partition coefficient (Wildman–Crippen LogP) is 7.60. The van der Waals surface area contributed by atoms with Gasteiger partial charge in [0.1, 0.15) is 11.5 Å². The first-order valence-corrected chi connectivity index (χ1v) is 12.9. The minimum absolute atomic E-state index is 0.124. The van der Waals surface area contributed by atoms with Gasteiger partial charge in [0.15, 0.2) is 5.78 Å². The van der Waals surface area contributed by atoms with Crippen molar-refractivity contribution in [3.8, 4) is 33.8 Å². The molecule has 0 bridgehead atoms. The Morgan fingerprint density at radius 1 is 0.579 bits per heavy atom. The molecule has 3 aromatic rings. The van der Waals surface area contributed by atoms with Crippen LogP contribution in [0.3, 0.4) is 0 Å². The Kier molecular flexibility index (Phi) is 10.9. The maximum atomic E-state index is 11.6. The molecule has 38 heavy (non-hydrogen) atoms. The van der Waals surface area contributed by atoms with Gasteiger partial charge in [-0.25, -0.2) is 4.79 Å². The molecule has 0 radical (unpaired) electrons. The second-order valence-electron chi connectivity index (χ2n) is 9.25. The number of esters is 1. The second kappa shape index (κ2) is 14.6. The molecule has 5 heteroatoms. The number of carbonyl (C=O) groups excluding carboxylic acids is 2. The van der Waals surface area contributed by atoms with Crippen LogP contribution >= 0.6 is 0 Å². The average molecular weight is 513 g/mol. The van der Waals surface area contributed by atoms with E-state index < -0.39 is 0 Å². The highest BCUT2D eigenvalue weighted by Gasteiger charge is 2.05. The van der Waals surface area contributed by atoms with E-state index in [0.717, 1.165) is 46.6 Å². The summed E-state index contributed by atoms with van der Waals surface area (Å²) in [5.74, 6) is 1.35. The van der Waals surface area contributed by atoms with Crippen LogP contribution in [0, 0.1) is 0 Å². The highest BCUT2D eigenvalue weighted by atomic mass is 16.5. The average Bonchev–Trinajstić information content (AvgIpc) is 2.93. The van der Waals surface area contributed by atoms with E-state index in [1.165, 1.54) is 0 Å². The van der Waals surface area contributed by atoms with Gasteiger partial charge in [0.2, 0.25) is 0 Å². The van der Waals surface area contributed by atoms with Gasteiger partial charge in [-0.05, 0) is 78.8 Å². The number of ketones is 1. The third-order valence-corrected chi connectivity index (χ3v) is 5.94. The van der Waals surface area contributed by atoms with Gasteiger partial charge in [0.25, 0.3) is 0 Å². The van der Waals surface area contributed by atoms with Gasteiger partial charge >= 0.3 is 5.97 Å². The lowest BCUT2D eigenvalue weighted by atomic mass is 10.0. The van der Waals surface area contributed by atoms with Crippen molar-refractivity contribution in [2.75, 3.05) is 19.8 Å². The summed E-state index contributed by atoms with van der Waals surface area (Å²) in [6.07, 6.45) is 2.79. The molecule has 0 unspecified atom stereocenters. The summed E-state index contributed by atoms with van der Waals surface area (Å²) in [5.41, 5.74) is 5.49. The number of rotatable bonds is 15. The van der Waals surface area contributed by atoms with Crippen LogP contribution in [0.4, 0.5) is 0 Å². The molecule has 0 saturated heterocycles. The van der Waals surface area contributed by atoms with Crippen LogP contribution < -0.4 is 9.47 Å². The molecule has 0 aliphatic carbocycles. The second-order valence-corrected chi connectivity index (χ2v) is 9.25. The summed E-state index contributed by atoms with van der Waals surface area (Å²) in [5, 5.41) is 0. The highest BCUT2D eigenvalue weighted by Crippen LogP contribution is 2.27. The zero-order valence-corrected chi connectivity index (χ0v) is 22.3. The van der Waals surface area contributed by atoms with E-state index in [0.29, 0.717) is 43.8 Å². The Balaban J connectivity index is 1.44. The van der Waals surface area contributed by atoms with Crippen LogP contribution in [0.5, 0.6) is 11.5 Å². The van der Waals surface area contributed by atoms with E-state index >= 15 is 0 Å². The van der Waals surface area contributed by atoms with Crippen LogP contribution in [0.25, 0.3) is 22.3 Å². The van der Waals surface area contributed by atoms with E-state index in [1.54, 1.807) is 13.8 Å². The van der Waals surface area contributed by atoms with Crippen LogP contribution in [-0.4, -0.2) is 31.6 Å². The van der Waals surface area contributed by atoms with Gasteiger partial charge in [-0.1, -0.05) is 61.7 Å². The van der Waals surface area contributed by atoms with Gasteiger partial charge in [-0.15, -0.1) is 0 Å².